The Hall–Kier alpha value is -1.10. The molecule has 1 rings (SSSR count). The van der Waals surface area contributed by atoms with E-state index in [1.165, 1.54) is 19.3 Å². The van der Waals surface area contributed by atoms with Crippen molar-refractivity contribution in [3.63, 3.8) is 0 Å². The lowest BCUT2D eigenvalue weighted by Gasteiger charge is -2.22. The lowest BCUT2D eigenvalue weighted by molar-refractivity contribution is -0.128. The van der Waals surface area contributed by atoms with Gasteiger partial charge in [-0.25, -0.2) is 0 Å². The normalized spacial score (nSPS) is 18.5. The molecule has 0 bridgehead atoms. The minimum atomic E-state index is -0.238. The van der Waals surface area contributed by atoms with Crippen molar-refractivity contribution in [2.75, 3.05) is 13.1 Å². The van der Waals surface area contributed by atoms with Gasteiger partial charge < -0.3 is 16.4 Å². The van der Waals surface area contributed by atoms with Crippen LogP contribution in [-0.4, -0.2) is 30.9 Å². The highest BCUT2D eigenvalue weighted by molar-refractivity contribution is 5.85. The lowest BCUT2D eigenvalue weighted by atomic mass is 9.95. The average Bonchev–Trinajstić information content (AvgIpc) is 2.36. The van der Waals surface area contributed by atoms with E-state index in [1.807, 2.05) is 0 Å². The maximum Gasteiger partial charge on any atom is 0.239 e. The maximum absolute atomic E-state index is 11.6. The summed E-state index contributed by atoms with van der Waals surface area (Å²) in [4.78, 5) is 23.0. The summed E-state index contributed by atoms with van der Waals surface area (Å²) in [5.74, 6) is -0.502. The van der Waals surface area contributed by atoms with E-state index in [1.54, 1.807) is 6.92 Å². The summed E-state index contributed by atoms with van der Waals surface area (Å²) in [7, 11) is 0. The quantitative estimate of drug-likeness (QED) is 0.640. The van der Waals surface area contributed by atoms with E-state index in [4.69, 9.17) is 5.73 Å². The van der Waals surface area contributed by atoms with Crippen LogP contribution in [0.1, 0.15) is 39.0 Å². The Morgan fingerprint density at radius 2 is 1.94 bits per heavy atom. The average molecular weight is 241 g/mol. The molecule has 98 valence electrons. The van der Waals surface area contributed by atoms with E-state index in [2.05, 4.69) is 10.6 Å². The van der Waals surface area contributed by atoms with Crippen LogP contribution in [0, 0.1) is 5.92 Å². The smallest absolute Gasteiger partial charge is 0.239 e. The Balaban J connectivity index is 2.18. The molecule has 0 saturated heterocycles. The van der Waals surface area contributed by atoms with Gasteiger partial charge in [-0.3, -0.25) is 9.59 Å². The number of carbonyl (C=O) groups excluding carboxylic acids is 2. The van der Waals surface area contributed by atoms with Gasteiger partial charge in [-0.05, 0) is 12.8 Å². The number of nitrogens with two attached hydrogens (primary N) is 1. The third-order valence-electron chi connectivity index (χ3n) is 3.19. The number of nitrogens with one attached hydrogen (secondary N) is 2. The van der Waals surface area contributed by atoms with E-state index >= 15 is 0 Å². The van der Waals surface area contributed by atoms with Crippen molar-refractivity contribution in [1.29, 1.82) is 0 Å². The number of rotatable bonds is 5. The highest BCUT2D eigenvalue weighted by Gasteiger charge is 2.16. The van der Waals surface area contributed by atoms with Crippen molar-refractivity contribution in [3.05, 3.63) is 0 Å². The zero-order valence-corrected chi connectivity index (χ0v) is 10.5. The van der Waals surface area contributed by atoms with Gasteiger partial charge in [0.25, 0.3) is 0 Å². The van der Waals surface area contributed by atoms with Crippen LogP contribution in [0.25, 0.3) is 0 Å². The topological polar surface area (TPSA) is 84.2 Å². The molecule has 5 heteroatoms. The molecule has 5 nitrogen and oxygen atoms in total. The summed E-state index contributed by atoms with van der Waals surface area (Å²) in [6.45, 7) is 2.10. The lowest BCUT2D eigenvalue weighted by Crippen LogP contribution is -2.44. The van der Waals surface area contributed by atoms with Crippen molar-refractivity contribution in [1.82, 2.24) is 10.6 Å². The molecule has 0 aromatic heterocycles. The van der Waals surface area contributed by atoms with Crippen LogP contribution in [0.2, 0.25) is 0 Å². The molecule has 1 unspecified atom stereocenters. The Labute approximate surface area is 103 Å². The minimum Gasteiger partial charge on any atom is -0.352 e. The number of hydrogen-bond acceptors (Lipinski definition) is 3. The fourth-order valence-electron chi connectivity index (χ4n) is 1.97. The van der Waals surface area contributed by atoms with Gasteiger partial charge in [0.15, 0.2) is 0 Å². The summed E-state index contributed by atoms with van der Waals surface area (Å²) in [5.41, 5.74) is 5.37. The highest BCUT2D eigenvalue weighted by Crippen LogP contribution is 2.16. The van der Waals surface area contributed by atoms with Gasteiger partial charge in [0.1, 0.15) is 0 Å². The summed E-state index contributed by atoms with van der Waals surface area (Å²) in [5, 5.41) is 5.54. The van der Waals surface area contributed by atoms with E-state index in [-0.39, 0.29) is 24.3 Å². The first-order valence-electron chi connectivity index (χ1n) is 6.40. The van der Waals surface area contributed by atoms with Crippen molar-refractivity contribution in [3.8, 4) is 0 Å². The third kappa shape index (κ3) is 5.17. The van der Waals surface area contributed by atoms with Gasteiger partial charge in [-0.2, -0.15) is 0 Å². The predicted molar refractivity (Wildman–Crippen MR) is 66.2 cm³/mol. The molecule has 1 saturated carbocycles. The first-order chi connectivity index (χ1) is 8.13. The second-order valence-electron chi connectivity index (χ2n) is 4.76. The van der Waals surface area contributed by atoms with Crippen molar-refractivity contribution in [2.24, 2.45) is 11.7 Å². The SMILES string of the molecule is CC(CN)C(=O)NCC(=O)NC1CCCCC1. The van der Waals surface area contributed by atoms with Crippen molar-refractivity contribution in [2.45, 2.75) is 45.1 Å². The molecule has 0 radical (unpaired) electrons. The van der Waals surface area contributed by atoms with Gasteiger partial charge in [-0.15, -0.1) is 0 Å². The van der Waals surface area contributed by atoms with Gasteiger partial charge in [0.2, 0.25) is 11.8 Å². The largest absolute Gasteiger partial charge is 0.352 e. The van der Waals surface area contributed by atoms with Gasteiger partial charge in [-0.1, -0.05) is 26.2 Å². The zero-order chi connectivity index (χ0) is 12.7. The molecule has 1 aliphatic rings. The fraction of sp³-hybridized carbons (Fsp3) is 0.833. The standard InChI is InChI=1S/C12H23N3O2/c1-9(7-13)12(17)14-8-11(16)15-10-5-3-2-4-6-10/h9-10H,2-8,13H2,1H3,(H,14,17)(H,15,16). The second-order valence-corrected chi connectivity index (χ2v) is 4.76. The zero-order valence-electron chi connectivity index (χ0n) is 10.5. The Morgan fingerprint density at radius 1 is 1.29 bits per heavy atom. The highest BCUT2D eigenvalue weighted by atomic mass is 16.2. The number of hydrogen-bond donors (Lipinski definition) is 3. The van der Waals surface area contributed by atoms with Crippen molar-refractivity contribution < 1.29 is 9.59 Å². The van der Waals surface area contributed by atoms with E-state index in [9.17, 15) is 9.59 Å². The second kappa shape index (κ2) is 7.27. The Kier molecular flexibility index (Phi) is 5.97. The molecule has 17 heavy (non-hydrogen) atoms. The third-order valence-corrected chi connectivity index (χ3v) is 3.19. The van der Waals surface area contributed by atoms with Crippen LogP contribution in [-0.2, 0) is 9.59 Å². The number of amides is 2. The van der Waals surface area contributed by atoms with E-state index in [0.717, 1.165) is 12.8 Å². The molecular weight excluding hydrogens is 218 g/mol. The fourth-order valence-corrected chi connectivity index (χ4v) is 1.97. The van der Waals surface area contributed by atoms with E-state index in [0.29, 0.717) is 12.6 Å². The van der Waals surface area contributed by atoms with Crippen LogP contribution < -0.4 is 16.4 Å². The van der Waals surface area contributed by atoms with Gasteiger partial charge >= 0.3 is 0 Å². The van der Waals surface area contributed by atoms with Crippen LogP contribution in [0.4, 0.5) is 0 Å². The molecule has 4 N–H and O–H groups in total. The predicted octanol–water partition coefficient (Wildman–Crippen LogP) is 0.146. The Morgan fingerprint density at radius 3 is 2.53 bits per heavy atom. The summed E-state index contributed by atoms with van der Waals surface area (Å²) >= 11 is 0. The minimum absolute atomic E-state index is 0.0552. The monoisotopic (exact) mass is 241 g/mol. The molecule has 0 aromatic carbocycles. The molecule has 0 spiro atoms. The molecule has 0 aliphatic heterocycles. The molecule has 1 atom stereocenters. The van der Waals surface area contributed by atoms with Gasteiger partial charge in [0.05, 0.1) is 6.54 Å². The molecule has 2 amide bonds. The summed E-state index contributed by atoms with van der Waals surface area (Å²) in [6, 6.07) is 0.292. The van der Waals surface area contributed by atoms with Crippen LogP contribution in [0.3, 0.4) is 0 Å². The maximum atomic E-state index is 11.6. The first-order valence-corrected chi connectivity index (χ1v) is 6.40. The molecule has 0 aromatic rings. The molecular formula is C12H23N3O2. The molecule has 0 heterocycles. The van der Waals surface area contributed by atoms with E-state index < -0.39 is 0 Å². The van der Waals surface area contributed by atoms with Crippen LogP contribution in [0.5, 0.6) is 0 Å². The first kappa shape index (κ1) is 14.0. The Bertz CT molecular complexity index is 262. The number of carbonyl (C=O) groups is 2. The summed E-state index contributed by atoms with van der Waals surface area (Å²) < 4.78 is 0. The van der Waals surface area contributed by atoms with Gasteiger partial charge in [0, 0.05) is 18.5 Å². The van der Waals surface area contributed by atoms with Crippen molar-refractivity contribution >= 4 is 11.8 Å². The molecule has 1 aliphatic carbocycles. The molecule has 1 fully saturated rings. The van der Waals surface area contributed by atoms with Crippen LogP contribution >= 0.6 is 0 Å². The van der Waals surface area contributed by atoms with Crippen LogP contribution in [0.15, 0.2) is 0 Å². The summed E-state index contributed by atoms with van der Waals surface area (Å²) in [6.07, 6.45) is 5.73.